The third-order valence-corrected chi connectivity index (χ3v) is 4.03. The number of hydrogen-bond acceptors (Lipinski definition) is 6. The van der Waals surface area contributed by atoms with E-state index in [1.807, 2.05) is 13.8 Å². The normalized spacial score (nSPS) is 12.5. The van der Waals surface area contributed by atoms with Crippen molar-refractivity contribution in [1.29, 1.82) is 0 Å². The lowest BCUT2D eigenvalue weighted by atomic mass is 10.2. The van der Waals surface area contributed by atoms with Crippen molar-refractivity contribution < 1.29 is 42.3 Å². The highest BCUT2D eigenvalue weighted by atomic mass is 19.4. The van der Waals surface area contributed by atoms with Crippen LogP contribution in [0.15, 0.2) is 42.5 Å². The van der Waals surface area contributed by atoms with Crippen LogP contribution in [0.25, 0.3) is 0 Å². The molecule has 0 amide bonds. The molecule has 0 spiro atoms. The maximum Gasteiger partial charge on any atom is 0.416 e. The van der Waals surface area contributed by atoms with Crippen LogP contribution < -0.4 is 14.2 Å². The molecule has 0 aliphatic heterocycles. The zero-order valence-electron chi connectivity index (χ0n) is 16.8. The molecule has 2 aromatic carbocycles. The molecule has 0 saturated heterocycles. The van der Waals surface area contributed by atoms with Crippen molar-refractivity contribution in [1.82, 2.24) is 0 Å². The van der Waals surface area contributed by atoms with Crippen molar-refractivity contribution in [3.63, 3.8) is 0 Å². The van der Waals surface area contributed by atoms with E-state index in [1.165, 1.54) is 12.1 Å². The topological polar surface area (TPSA) is 66.4 Å². The van der Waals surface area contributed by atoms with Crippen LogP contribution >= 0.6 is 0 Å². The smallest absolute Gasteiger partial charge is 0.416 e. The molecule has 1 atom stereocenters. The second kappa shape index (κ2) is 11.6. The molecule has 0 fully saturated rings. The van der Waals surface area contributed by atoms with Gasteiger partial charge in [0.2, 0.25) is 0 Å². The van der Waals surface area contributed by atoms with E-state index in [0.717, 1.165) is 17.7 Å². The second-order valence-corrected chi connectivity index (χ2v) is 6.33. The molecule has 0 aromatic heterocycles. The van der Waals surface area contributed by atoms with Gasteiger partial charge in [0.15, 0.2) is 0 Å². The van der Waals surface area contributed by atoms with E-state index in [1.54, 1.807) is 18.2 Å². The number of halogens is 3. The van der Waals surface area contributed by atoms with E-state index >= 15 is 0 Å². The summed E-state index contributed by atoms with van der Waals surface area (Å²) in [6, 6.07) is 9.78. The molecule has 0 saturated carbocycles. The third-order valence-electron chi connectivity index (χ3n) is 4.03. The fourth-order valence-corrected chi connectivity index (χ4v) is 2.56. The molecule has 2 rings (SSSR count). The SMILES string of the molecule is CCOC(COc1ccc(C(F)(F)F)cc1)COc1ccc(OCCOO)c(C)c1. The van der Waals surface area contributed by atoms with Crippen LogP contribution in [0.2, 0.25) is 0 Å². The third kappa shape index (κ3) is 7.74. The van der Waals surface area contributed by atoms with Gasteiger partial charge in [-0.3, -0.25) is 5.26 Å². The summed E-state index contributed by atoms with van der Waals surface area (Å²) in [7, 11) is 0. The summed E-state index contributed by atoms with van der Waals surface area (Å²) < 4.78 is 60.2. The molecular weight excluding hydrogens is 405 g/mol. The predicted molar refractivity (Wildman–Crippen MR) is 103 cm³/mol. The van der Waals surface area contributed by atoms with Crippen molar-refractivity contribution in [2.24, 2.45) is 0 Å². The Hall–Kier alpha value is -2.49. The lowest BCUT2D eigenvalue weighted by molar-refractivity contribution is -0.245. The minimum absolute atomic E-state index is 0.0622. The fraction of sp³-hybridized carbons (Fsp3) is 0.429. The van der Waals surface area contributed by atoms with Crippen LogP contribution in [0, 0.1) is 6.92 Å². The second-order valence-electron chi connectivity index (χ2n) is 6.33. The van der Waals surface area contributed by atoms with Gasteiger partial charge in [0.05, 0.1) is 5.56 Å². The first kappa shape index (κ1) is 23.8. The van der Waals surface area contributed by atoms with E-state index < -0.39 is 17.8 Å². The molecule has 166 valence electrons. The summed E-state index contributed by atoms with van der Waals surface area (Å²) in [6.45, 7) is 4.72. The molecule has 1 N–H and O–H groups in total. The average Bonchev–Trinajstić information content (AvgIpc) is 2.71. The van der Waals surface area contributed by atoms with E-state index in [0.29, 0.717) is 23.9 Å². The first-order chi connectivity index (χ1) is 14.3. The summed E-state index contributed by atoms with van der Waals surface area (Å²) in [5.41, 5.74) is 0.116. The van der Waals surface area contributed by atoms with Crippen LogP contribution in [0.4, 0.5) is 13.2 Å². The van der Waals surface area contributed by atoms with E-state index in [4.69, 9.17) is 24.2 Å². The van der Waals surface area contributed by atoms with Gasteiger partial charge in [-0.1, -0.05) is 0 Å². The number of benzene rings is 2. The number of alkyl halides is 3. The first-order valence-corrected chi connectivity index (χ1v) is 9.37. The van der Waals surface area contributed by atoms with Crippen molar-refractivity contribution in [2.45, 2.75) is 26.1 Å². The highest BCUT2D eigenvalue weighted by Crippen LogP contribution is 2.30. The molecule has 9 heteroatoms. The highest BCUT2D eigenvalue weighted by molar-refractivity contribution is 5.39. The van der Waals surface area contributed by atoms with Gasteiger partial charge >= 0.3 is 6.18 Å². The molecule has 0 aliphatic carbocycles. The standard InChI is InChI=1S/C21H25F3O6/c1-3-26-19(13-28-17-6-4-16(5-7-17)21(22,23)24)14-29-18-8-9-20(15(2)12-18)27-10-11-30-25/h4-9,12,19,25H,3,10-11,13-14H2,1-2H3. The molecule has 0 bridgehead atoms. The van der Waals surface area contributed by atoms with Crippen LogP contribution in [0.5, 0.6) is 17.2 Å². The Morgan fingerprint density at radius 2 is 1.53 bits per heavy atom. The Morgan fingerprint density at radius 3 is 2.10 bits per heavy atom. The summed E-state index contributed by atoms with van der Waals surface area (Å²) in [6.07, 6.45) is -4.79. The molecule has 2 aromatic rings. The molecular formula is C21H25F3O6. The monoisotopic (exact) mass is 430 g/mol. The zero-order chi connectivity index (χ0) is 22.0. The molecule has 30 heavy (non-hydrogen) atoms. The van der Waals surface area contributed by atoms with Crippen LogP contribution in [0.1, 0.15) is 18.1 Å². The molecule has 0 radical (unpaired) electrons. The molecule has 0 heterocycles. The number of aryl methyl sites for hydroxylation is 1. The van der Waals surface area contributed by atoms with Gasteiger partial charge in [-0.05, 0) is 61.9 Å². The fourth-order valence-electron chi connectivity index (χ4n) is 2.56. The Morgan fingerprint density at radius 1 is 0.900 bits per heavy atom. The van der Waals surface area contributed by atoms with Crippen molar-refractivity contribution in [2.75, 3.05) is 33.0 Å². The largest absolute Gasteiger partial charge is 0.491 e. The van der Waals surface area contributed by atoms with E-state index in [2.05, 4.69) is 4.89 Å². The van der Waals surface area contributed by atoms with Crippen molar-refractivity contribution in [3.05, 3.63) is 53.6 Å². The zero-order valence-corrected chi connectivity index (χ0v) is 16.8. The van der Waals surface area contributed by atoms with Crippen LogP contribution in [0.3, 0.4) is 0 Å². The average molecular weight is 430 g/mol. The quantitative estimate of drug-likeness (QED) is 0.298. The summed E-state index contributed by atoms with van der Waals surface area (Å²) in [5, 5.41) is 8.32. The maximum atomic E-state index is 12.6. The lowest BCUT2D eigenvalue weighted by Gasteiger charge is -2.19. The Bertz CT molecular complexity index is 764. The van der Waals surface area contributed by atoms with E-state index in [-0.39, 0.29) is 26.4 Å². The van der Waals surface area contributed by atoms with Gasteiger partial charge in [-0.2, -0.15) is 13.2 Å². The van der Waals surface area contributed by atoms with Crippen LogP contribution in [-0.2, 0) is 15.8 Å². The van der Waals surface area contributed by atoms with Gasteiger partial charge < -0.3 is 18.9 Å². The minimum atomic E-state index is -4.38. The summed E-state index contributed by atoms with van der Waals surface area (Å²) >= 11 is 0. The van der Waals surface area contributed by atoms with Gasteiger partial charge in [-0.25, -0.2) is 4.89 Å². The Kier molecular flexibility index (Phi) is 9.22. The van der Waals surface area contributed by atoms with Crippen molar-refractivity contribution in [3.8, 4) is 17.2 Å². The molecule has 0 aliphatic rings. The number of hydrogen-bond donors (Lipinski definition) is 1. The van der Waals surface area contributed by atoms with Gasteiger partial charge in [0.25, 0.3) is 0 Å². The number of ether oxygens (including phenoxy) is 4. The minimum Gasteiger partial charge on any atom is -0.491 e. The first-order valence-electron chi connectivity index (χ1n) is 9.37. The maximum absolute atomic E-state index is 12.6. The van der Waals surface area contributed by atoms with Crippen LogP contribution in [-0.4, -0.2) is 44.4 Å². The van der Waals surface area contributed by atoms with Crippen molar-refractivity contribution >= 4 is 0 Å². The van der Waals surface area contributed by atoms with Gasteiger partial charge in [-0.15, -0.1) is 0 Å². The van der Waals surface area contributed by atoms with Gasteiger partial charge in [0.1, 0.15) is 49.8 Å². The summed E-state index contributed by atoms with van der Waals surface area (Å²) in [4.78, 5) is 3.97. The Balaban J connectivity index is 1.87. The summed E-state index contributed by atoms with van der Waals surface area (Å²) in [5.74, 6) is 1.57. The van der Waals surface area contributed by atoms with E-state index in [9.17, 15) is 13.2 Å². The molecule has 6 nitrogen and oxygen atoms in total. The highest BCUT2D eigenvalue weighted by Gasteiger charge is 2.30. The van der Waals surface area contributed by atoms with Gasteiger partial charge in [0, 0.05) is 6.61 Å². The molecule has 1 unspecified atom stereocenters. The lowest BCUT2D eigenvalue weighted by Crippen LogP contribution is -2.28. The number of rotatable bonds is 12. The predicted octanol–water partition coefficient (Wildman–Crippen LogP) is 4.75. The Labute approximate surface area is 173 Å².